The molecule has 11 heteroatoms. The number of piperidine rings is 1. The van der Waals surface area contributed by atoms with E-state index in [0.717, 1.165) is 29.7 Å². The van der Waals surface area contributed by atoms with E-state index in [1.54, 1.807) is 10.9 Å². The zero-order valence-corrected chi connectivity index (χ0v) is 14.6. The molecule has 0 saturated carbocycles. The molecule has 2 N–H and O–H groups in total. The first-order valence-electron chi connectivity index (χ1n) is 7.94. The van der Waals surface area contributed by atoms with E-state index < -0.39 is 15.5 Å². The molecule has 10 nitrogen and oxygen atoms in total. The smallest absolute Gasteiger partial charge is 0.286 e. The predicted molar refractivity (Wildman–Crippen MR) is 90.4 cm³/mol. The highest BCUT2D eigenvalue weighted by atomic mass is 32.2. The van der Waals surface area contributed by atoms with Gasteiger partial charge in [-0.15, -0.1) is 0 Å². The number of nitrogens with one attached hydrogen (secondary N) is 1. The van der Waals surface area contributed by atoms with Gasteiger partial charge in [-0.25, -0.2) is 9.97 Å². The van der Waals surface area contributed by atoms with Crippen LogP contribution in [0.1, 0.15) is 19.3 Å². The summed E-state index contributed by atoms with van der Waals surface area (Å²) >= 11 is 0. The highest BCUT2D eigenvalue weighted by Gasteiger charge is 2.29. The average Bonchev–Trinajstić information content (AvgIpc) is 2.96. The number of nitrogens with zero attached hydrogens (tertiary/aromatic N) is 5. The van der Waals surface area contributed by atoms with Gasteiger partial charge in [0.2, 0.25) is 6.41 Å². The summed E-state index contributed by atoms with van der Waals surface area (Å²) in [5.74, 6) is 0.899. The Morgan fingerprint density at radius 3 is 2.76 bits per heavy atom. The van der Waals surface area contributed by atoms with Crippen molar-refractivity contribution in [2.45, 2.75) is 24.6 Å². The molecule has 1 amide bonds. The van der Waals surface area contributed by atoms with E-state index in [4.69, 9.17) is 0 Å². The Bertz CT molecular complexity index is 859. The minimum atomic E-state index is -4.31. The van der Waals surface area contributed by atoms with Gasteiger partial charge in [-0.05, 0) is 25.2 Å². The van der Waals surface area contributed by atoms with Crippen LogP contribution in [-0.2, 0) is 22.0 Å². The second-order valence-electron chi connectivity index (χ2n) is 6.16. The molecular weight excluding hydrogens is 348 g/mol. The largest absolute Gasteiger partial charge is 0.356 e. The molecule has 1 aliphatic rings. The molecule has 2 aromatic heterocycles. The average molecular weight is 368 g/mol. The van der Waals surface area contributed by atoms with Crippen molar-refractivity contribution in [1.82, 2.24) is 25.1 Å². The lowest BCUT2D eigenvalue weighted by Crippen LogP contribution is -2.40. The monoisotopic (exact) mass is 368 g/mol. The van der Waals surface area contributed by atoms with E-state index in [1.807, 2.05) is 7.05 Å². The summed E-state index contributed by atoms with van der Waals surface area (Å²) in [5.41, 5.74) is 0.758. The van der Waals surface area contributed by atoms with Gasteiger partial charge in [0, 0.05) is 20.1 Å². The molecule has 2 aromatic rings. The quantitative estimate of drug-likeness (QED) is 0.535. The zero-order chi connectivity index (χ0) is 18.0. The lowest BCUT2D eigenvalue weighted by atomic mass is 9.93. The lowest BCUT2D eigenvalue weighted by molar-refractivity contribution is -0.109. The van der Waals surface area contributed by atoms with E-state index in [2.05, 4.69) is 25.3 Å². The fraction of sp³-hybridized carbons (Fsp3) is 0.571. The lowest BCUT2D eigenvalue weighted by Gasteiger charge is -2.33. The molecule has 1 atom stereocenters. The standard InChI is InChI=1S/C14H20N6O4S/c1-19-13-11(7-18-19)14(16-8-15-13)20-4-2-10(3-5-20)6-12(17-9-21)25(22,23)24/h7-10,12H,2-6H2,1H3,(H,17,21)(H,22,23,24). The zero-order valence-electron chi connectivity index (χ0n) is 13.7. The van der Waals surface area contributed by atoms with Gasteiger partial charge < -0.3 is 10.2 Å². The van der Waals surface area contributed by atoms with Gasteiger partial charge in [0.1, 0.15) is 12.1 Å². The first kappa shape index (κ1) is 17.5. The highest BCUT2D eigenvalue weighted by molar-refractivity contribution is 7.86. The summed E-state index contributed by atoms with van der Waals surface area (Å²) in [5, 5.41) is 6.00. The number of carbonyl (C=O) groups excluding carboxylic acids is 1. The van der Waals surface area contributed by atoms with E-state index in [1.165, 1.54) is 6.33 Å². The van der Waals surface area contributed by atoms with Gasteiger partial charge >= 0.3 is 0 Å². The van der Waals surface area contributed by atoms with E-state index >= 15 is 0 Å². The first-order valence-corrected chi connectivity index (χ1v) is 9.44. The summed E-state index contributed by atoms with van der Waals surface area (Å²) in [4.78, 5) is 21.3. The van der Waals surface area contributed by atoms with E-state index in [9.17, 15) is 17.8 Å². The number of rotatable bonds is 6. The molecular formula is C14H20N6O4S. The normalized spacial score (nSPS) is 17.6. The molecule has 1 unspecified atom stereocenters. The van der Waals surface area contributed by atoms with Crippen molar-refractivity contribution < 1.29 is 17.8 Å². The van der Waals surface area contributed by atoms with Crippen LogP contribution in [-0.4, -0.2) is 57.6 Å². The number of anilines is 1. The van der Waals surface area contributed by atoms with Crippen molar-refractivity contribution in [2.75, 3.05) is 18.0 Å². The predicted octanol–water partition coefficient (Wildman–Crippen LogP) is -0.0703. The number of carbonyl (C=O) groups is 1. The minimum absolute atomic E-state index is 0.0850. The molecule has 136 valence electrons. The van der Waals surface area contributed by atoms with Crippen molar-refractivity contribution in [3.05, 3.63) is 12.5 Å². The van der Waals surface area contributed by atoms with Crippen LogP contribution in [0.3, 0.4) is 0 Å². The molecule has 3 rings (SSSR count). The first-order chi connectivity index (χ1) is 11.9. The fourth-order valence-corrected chi connectivity index (χ4v) is 3.98. The third kappa shape index (κ3) is 3.71. The van der Waals surface area contributed by atoms with Crippen LogP contribution in [0, 0.1) is 5.92 Å². The van der Waals surface area contributed by atoms with Crippen molar-refractivity contribution in [3.8, 4) is 0 Å². The molecule has 1 saturated heterocycles. The SMILES string of the molecule is Cn1ncc2c(N3CCC(CC(NC=O)S(=O)(=O)O)CC3)ncnc21. The second-order valence-corrected chi connectivity index (χ2v) is 7.76. The minimum Gasteiger partial charge on any atom is -0.356 e. The van der Waals surface area contributed by atoms with E-state index in [0.29, 0.717) is 19.5 Å². The van der Waals surface area contributed by atoms with Crippen LogP contribution < -0.4 is 10.2 Å². The number of amides is 1. The van der Waals surface area contributed by atoms with Crippen molar-refractivity contribution in [2.24, 2.45) is 13.0 Å². The molecule has 0 radical (unpaired) electrons. The number of fused-ring (bicyclic) bond motifs is 1. The summed E-state index contributed by atoms with van der Waals surface area (Å²) < 4.78 is 33.5. The molecule has 0 aromatic carbocycles. The van der Waals surface area contributed by atoms with Crippen molar-refractivity contribution in [3.63, 3.8) is 0 Å². The maximum Gasteiger partial charge on any atom is 0.286 e. The van der Waals surface area contributed by atoms with Crippen molar-refractivity contribution >= 4 is 33.4 Å². The number of hydrogen-bond acceptors (Lipinski definition) is 7. The fourth-order valence-electron chi connectivity index (χ4n) is 3.24. The van der Waals surface area contributed by atoms with Crippen LogP contribution in [0.2, 0.25) is 0 Å². The Morgan fingerprint density at radius 2 is 2.12 bits per heavy atom. The molecule has 0 aliphatic carbocycles. The van der Waals surface area contributed by atoms with Crippen LogP contribution in [0.4, 0.5) is 5.82 Å². The Hall–Kier alpha value is -2.27. The molecule has 0 bridgehead atoms. The molecule has 25 heavy (non-hydrogen) atoms. The van der Waals surface area contributed by atoms with Gasteiger partial charge in [0.25, 0.3) is 10.1 Å². The Kier molecular flexibility index (Phi) is 4.86. The van der Waals surface area contributed by atoms with Gasteiger partial charge in [0.15, 0.2) is 11.0 Å². The Balaban J connectivity index is 1.68. The van der Waals surface area contributed by atoms with Crippen LogP contribution in [0.15, 0.2) is 12.5 Å². The van der Waals surface area contributed by atoms with Gasteiger partial charge in [0.05, 0.1) is 11.6 Å². The molecule has 1 fully saturated rings. The van der Waals surface area contributed by atoms with Gasteiger partial charge in [-0.3, -0.25) is 14.0 Å². The van der Waals surface area contributed by atoms with Crippen LogP contribution >= 0.6 is 0 Å². The van der Waals surface area contributed by atoms with E-state index in [-0.39, 0.29) is 12.3 Å². The third-order valence-electron chi connectivity index (χ3n) is 4.58. The number of aryl methyl sites for hydroxylation is 1. The summed E-state index contributed by atoms with van der Waals surface area (Å²) in [7, 11) is -2.49. The number of hydrogen-bond donors (Lipinski definition) is 2. The Morgan fingerprint density at radius 1 is 1.40 bits per heavy atom. The van der Waals surface area contributed by atoms with Crippen LogP contribution in [0.5, 0.6) is 0 Å². The highest BCUT2D eigenvalue weighted by Crippen LogP contribution is 2.29. The maximum atomic E-state index is 11.3. The molecule has 1 aliphatic heterocycles. The Labute approximate surface area is 145 Å². The van der Waals surface area contributed by atoms with Crippen LogP contribution in [0.25, 0.3) is 11.0 Å². The second kappa shape index (κ2) is 6.92. The van der Waals surface area contributed by atoms with Gasteiger partial charge in [-0.1, -0.05) is 0 Å². The number of aromatic nitrogens is 4. The maximum absolute atomic E-state index is 11.3. The van der Waals surface area contributed by atoms with Gasteiger partial charge in [-0.2, -0.15) is 13.5 Å². The summed E-state index contributed by atoms with van der Waals surface area (Å²) in [6, 6.07) is 0. The summed E-state index contributed by atoms with van der Waals surface area (Å²) in [6.45, 7) is 1.40. The molecule has 3 heterocycles. The summed E-state index contributed by atoms with van der Waals surface area (Å²) in [6.07, 6.45) is 5.20. The molecule has 0 spiro atoms. The van der Waals surface area contributed by atoms with Crippen molar-refractivity contribution in [1.29, 1.82) is 0 Å². The third-order valence-corrected chi connectivity index (χ3v) is 5.63. The topological polar surface area (TPSA) is 130 Å².